The Morgan fingerprint density at radius 1 is 0.509 bits per heavy atom. The van der Waals surface area contributed by atoms with Crippen molar-refractivity contribution in [2.24, 2.45) is 0 Å². The third-order valence-electron chi connectivity index (χ3n) is 7.50. The number of hydrogen-bond donors (Lipinski definition) is 0. The van der Waals surface area contributed by atoms with Crippen molar-refractivity contribution in [3.8, 4) is 0 Å². The van der Waals surface area contributed by atoms with Crippen molar-refractivity contribution < 1.29 is 71.5 Å². The van der Waals surface area contributed by atoms with Crippen LogP contribution in [0.2, 0.25) is 0 Å². The zero-order chi connectivity index (χ0) is 39.8. The molecule has 15 heteroatoms. The first kappa shape index (κ1) is 46.5. The van der Waals surface area contributed by atoms with Gasteiger partial charge in [0.05, 0.1) is 26.4 Å². The second-order valence-electron chi connectivity index (χ2n) is 12.7. The molecule has 4 atom stereocenters. The Balaban J connectivity index is 3.08. The molecule has 298 valence electrons. The molecular formula is C38H56O15. The average molecular weight is 753 g/mol. The van der Waals surface area contributed by atoms with E-state index in [0.717, 1.165) is 12.8 Å². The van der Waals surface area contributed by atoms with Gasteiger partial charge in [-0.05, 0) is 65.7 Å². The molecule has 53 heavy (non-hydrogen) atoms. The average Bonchev–Trinajstić information content (AvgIpc) is 3.09. The van der Waals surface area contributed by atoms with Gasteiger partial charge in [-0.1, -0.05) is 39.5 Å². The lowest BCUT2D eigenvalue weighted by Crippen LogP contribution is -2.58. The fourth-order valence-corrected chi connectivity index (χ4v) is 4.55. The number of carbonyl (C=O) groups excluding carboxylic acids is 7. The highest BCUT2D eigenvalue weighted by atomic mass is 16.7. The molecular weight excluding hydrogens is 696 g/mol. The molecule has 0 radical (unpaired) electrons. The maximum atomic E-state index is 13.1. The largest absolute Gasteiger partial charge is 0.462 e. The molecule has 0 amide bonds. The predicted octanol–water partition coefficient (Wildman–Crippen LogP) is 5.07. The predicted molar refractivity (Wildman–Crippen MR) is 188 cm³/mol. The molecule has 1 rings (SSSR count). The van der Waals surface area contributed by atoms with Gasteiger partial charge in [-0.25, -0.2) is 14.4 Å². The third kappa shape index (κ3) is 20.3. The van der Waals surface area contributed by atoms with Crippen LogP contribution in [0.5, 0.6) is 0 Å². The first-order chi connectivity index (χ1) is 25.2. The molecule has 1 aliphatic heterocycles. The van der Waals surface area contributed by atoms with E-state index in [-0.39, 0.29) is 75.3 Å². The standard InChI is InChI=1S/C38H56O15/c1-8-9-10-17-31(41)52-34-33(51-30(40)19-12-15-22-47-36(44)26(4)5)28(50-29(39)18-11-14-21-46-35(43)25(2)3)24-49-38(34)53-32(42)20-13-16-23-48-37(45)27(6)7/h28,33-34,38H,2,4,6,8-24H2,1,3,5,7H3/t28-,33+,34?,38?/m1/s1. The van der Waals surface area contributed by atoms with Gasteiger partial charge in [0.1, 0.15) is 0 Å². The summed E-state index contributed by atoms with van der Waals surface area (Å²) in [7, 11) is 0. The molecule has 0 aliphatic carbocycles. The number of ether oxygens (including phenoxy) is 8. The smallest absolute Gasteiger partial charge is 0.333 e. The molecule has 0 aromatic carbocycles. The molecule has 0 saturated carbocycles. The van der Waals surface area contributed by atoms with Crippen LogP contribution in [0, 0.1) is 0 Å². The van der Waals surface area contributed by atoms with Gasteiger partial charge in [0.25, 0.3) is 0 Å². The number of hydrogen-bond acceptors (Lipinski definition) is 15. The summed E-state index contributed by atoms with van der Waals surface area (Å²) in [6.07, 6.45) is -1.87. The molecule has 0 N–H and O–H groups in total. The van der Waals surface area contributed by atoms with E-state index in [4.69, 9.17) is 37.9 Å². The minimum absolute atomic E-state index is 0.0257. The summed E-state index contributed by atoms with van der Waals surface area (Å²) >= 11 is 0. The number of unbranched alkanes of at least 4 members (excludes halogenated alkanes) is 5. The molecule has 0 bridgehead atoms. The molecule has 1 fully saturated rings. The molecule has 0 spiro atoms. The normalized spacial score (nSPS) is 17.7. The van der Waals surface area contributed by atoms with Gasteiger partial charge < -0.3 is 37.9 Å². The van der Waals surface area contributed by atoms with Crippen LogP contribution in [0.25, 0.3) is 0 Å². The van der Waals surface area contributed by atoms with Gasteiger partial charge in [-0.2, -0.15) is 0 Å². The highest BCUT2D eigenvalue weighted by molar-refractivity contribution is 5.87. The Morgan fingerprint density at radius 2 is 0.868 bits per heavy atom. The Bertz CT molecular complexity index is 1290. The van der Waals surface area contributed by atoms with Crippen molar-refractivity contribution in [2.45, 2.75) is 136 Å². The zero-order valence-electron chi connectivity index (χ0n) is 31.6. The first-order valence-corrected chi connectivity index (χ1v) is 18.0. The Kier molecular flexibility index (Phi) is 23.0. The minimum Gasteiger partial charge on any atom is -0.462 e. The summed E-state index contributed by atoms with van der Waals surface area (Å²) in [6, 6.07) is 0. The summed E-state index contributed by atoms with van der Waals surface area (Å²) < 4.78 is 43.6. The topological polar surface area (TPSA) is 193 Å². The quantitative estimate of drug-likeness (QED) is 0.0492. The minimum atomic E-state index is -1.50. The van der Waals surface area contributed by atoms with E-state index in [1.807, 2.05) is 6.92 Å². The van der Waals surface area contributed by atoms with Gasteiger partial charge in [-0.15, -0.1) is 0 Å². The van der Waals surface area contributed by atoms with Crippen LogP contribution in [0.15, 0.2) is 36.5 Å². The van der Waals surface area contributed by atoms with Crippen molar-refractivity contribution in [1.82, 2.24) is 0 Å². The van der Waals surface area contributed by atoms with Crippen molar-refractivity contribution in [2.75, 3.05) is 26.4 Å². The van der Waals surface area contributed by atoms with Gasteiger partial charge in [0.2, 0.25) is 12.4 Å². The SMILES string of the molecule is C=C(C)C(=O)OCCCCC(=O)OC1OC[C@@H](OC(=O)CCCCOC(=O)C(=C)C)[C@H](OC(=O)CCCCOC(=O)C(=C)C)C1OC(=O)CCCCC. The lowest BCUT2D eigenvalue weighted by molar-refractivity contribution is -0.275. The summed E-state index contributed by atoms with van der Waals surface area (Å²) in [4.78, 5) is 86.6. The highest BCUT2D eigenvalue weighted by Crippen LogP contribution is 2.27. The summed E-state index contributed by atoms with van der Waals surface area (Å²) in [5, 5.41) is 0. The lowest BCUT2D eigenvalue weighted by atomic mass is 10.0. The van der Waals surface area contributed by atoms with E-state index in [2.05, 4.69) is 19.7 Å². The molecule has 2 unspecified atom stereocenters. The second kappa shape index (κ2) is 26.3. The molecule has 0 aromatic heterocycles. The van der Waals surface area contributed by atoms with Crippen LogP contribution in [-0.2, 0) is 71.5 Å². The van der Waals surface area contributed by atoms with Gasteiger partial charge in [-0.3, -0.25) is 19.2 Å². The van der Waals surface area contributed by atoms with Crippen LogP contribution >= 0.6 is 0 Å². The lowest BCUT2D eigenvalue weighted by Gasteiger charge is -2.40. The molecule has 0 aromatic rings. The monoisotopic (exact) mass is 752 g/mol. The Hall–Kier alpha value is -4.53. The number of rotatable bonds is 26. The van der Waals surface area contributed by atoms with Crippen LogP contribution in [-0.4, -0.2) is 92.8 Å². The molecule has 15 nitrogen and oxygen atoms in total. The van der Waals surface area contributed by atoms with E-state index in [1.165, 1.54) is 20.8 Å². The fourth-order valence-electron chi connectivity index (χ4n) is 4.55. The number of carbonyl (C=O) groups is 7. The first-order valence-electron chi connectivity index (χ1n) is 18.0. The molecule has 1 saturated heterocycles. The second-order valence-corrected chi connectivity index (χ2v) is 12.7. The highest BCUT2D eigenvalue weighted by Gasteiger charge is 2.49. The van der Waals surface area contributed by atoms with E-state index < -0.39 is 66.4 Å². The van der Waals surface area contributed by atoms with Crippen molar-refractivity contribution in [1.29, 1.82) is 0 Å². The maximum Gasteiger partial charge on any atom is 0.333 e. The summed E-state index contributed by atoms with van der Waals surface area (Å²) in [5.74, 6) is -4.43. The van der Waals surface area contributed by atoms with Crippen molar-refractivity contribution in [3.05, 3.63) is 36.5 Å². The van der Waals surface area contributed by atoms with Gasteiger partial charge in [0, 0.05) is 42.4 Å². The van der Waals surface area contributed by atoms with Crippen molar-refractivity contribution in [3.63, 3.8) is 0 Å². The third-order valence-corrected chi connectivity index (χ3v) is 7.50. The molecule has 1 aliphatic rings. The van der Waals surface area contributed by atoms with E-state index in [0.29, 0.717) is 38.5 Å². The Morgan fingerprint density at radius 3 is 1.26 bits per heavy atom. The van der Waals surface area contributed by atoms with E-state index in [9.17, 15) is 33.6 Å². The van der Waals surface area contributed by atoms with Crippen LogP contribution in [0.4, 0.5) is 0 Å². The fraction of sp³-hybridized carbons (Fsp3) is 0.658. The molecule has 1 heterocycles. The van der Waals surface area contributed by atoms with E-state index >= 15 is 0 Å². The summed E-state index contributed by atoms with van der Waals surface area (Å²) in [6.45, 7) is 16.9. The summed E-state index contributed by atoms with van der Waals surface area (Å²) in [5.41, 5.74) is 0.740. The van der Waals surface area contributed by atoms with Gasteiger partial charge >= 0.3 is 41.8 Å². The van der Waals surface area contributed by atoms with E-state index in [1.54, 1.807) is 0 Å². The van der Waals surface area contributed by atoms with Crippen LogP contribution in [0.1, 0.15) is 111 Å². The zero-order valence-corrected chi connectivity index (χ0v) is 31.6. The van der Waals surface area contributed by atoms with Crippen molar-refractivity contribution >= 4 is 41.8 Å². The number of esters is 7. The Labute approximate surface area is 311 Å². The van der Waals surface area contributed by atoms with Crippen LogP contribution < -0.4 is 0 Å². The maximum absolute atomic E-state index is 13.1. The van der Waals surface area contributed by atoms with Crippen LogP contribution in [0.3, 0.4) is 0 Å². The van der Waals surface area contributed by atoms with Gasteiger partial charge in [0.15, 0.2) is 12.2 Å².